The maximum Gasteiger partial charge on any atom is 0.335 e. The van der Waals surface area contributed by atoms with E-state index in [0.29, 0.717) is 15.7 Å². The molecule has 0 spiro atoms. The Kier molecular flexibility index (Phi) is 8.40. The molecule has 1 fully saturated rings. The molecule has 1 heterocycles. The van der Waals surface area contributed by atoms with Gasteiger partial charge in [-0.3, -0.25) is 19.7 Å². The first-order chi connectivity index (χ1) is 18.7. The molecular weight excluding hydrogens is 573 g/mol. The van der Waals surface area contributed by atoms with Crippen molar-refractivity contribution in [3.8, 4) is 11.5 Å². The summed E-state index contributed by atoms with van der Waals surface area (Å²) in [5.41, 5.74) is 1.73. The second kappa shape index (κ2) is 11.9. The molecule has 0 aromatic heterocycles. The lowest BCUT2D eigenvalue weighted by Crippen LogP contribution is -2.54. The summed E-state index contributed by atoms with van der Waals surface area (Å²) in [5, 5.41) is 4.91. The number of ether oxygens (including phenoxy) is 2. The summed E-state index contributed by atoms with van der Waals surface area (Å²) in [5.74, 6) is -2.17. The van der Waals surface area contributed by atoms with E-state index in [9.17, 15) is 23.6 Å². The van der Waals surface area contributed by atoms with E-state index in [2.05, 4.69) is 26.6 Å². The zero-order valence-electron chi connectivity index (χ0n) is 20.9. The predicted octanol–water partition coefficient (Wildman–Crippen LogP) is 4.98. The molecule has 1 saturated heterocycles. The number of nitrogens with one attached hydrogen (secondary N) is 2. The van der Waals surface area contributed by atoms with Crippen LogP contribution in [0.1, 0.15) is 18.1 Å². The highest BCUT2D eigenvalue weighted by Crippen LogP contribution is 2.38. The smallest absolute Gasteiger partial charge is 0.335 e. The number of urea groups is 1. The number of carbonyl (C=O) groups is 4. The van der Waals surface area contributed by atoms with Gasteiger partial charge in [0.2, 0.25) is 0 Å². The van der Waals surface area contributed by atoms with Crippen LogP contribution in [0.4, 0.5) is 20.6 Å². The third-order valence-corrected chi connectivity index (χ3v) is 6.19. The van der Waals surface area contributed by atoms with E-state index in [4.69, 9.17) is 9.47 Å². The number of anilines is 2. The summed E-state index contributed by atoms with van der Waals surface area (Å²) in [6.07, 6.45) is 1.29. The van der Waals surface area contributed by atoms with Crippen molar-refractivity contribution in [3.63, 3.8) is 0 Å². The van der Waals surface area contributed by atoms with Crippen molar-refractivity contribution in [2.75, 3.05) is 23.4 Å². The van der Waals surface area contributed by atoms with Gasteiger partial charge in [-0.25, -0.2) is 14.1 Å². The number of rotatable bonds is 8. The molecule has 0 bridgehead atoms. The lowest BCUT2D eigenvalue weighted by molar-refractivity contribution is -0.122. The topological polar surface area (TPSA) is 114 Å². The first kappa shape index (κ1) is 27.5. The van der Waals surface area contributed by atoms with Crippen molar-refractivity contribution >= 4 is 57.1 Å². The summed E-state index contributed by atoms with van der Waals surface area (Å²) in [4.78, 5) is 51.3. The fourth-order valence-corrected chi connectivity index (χ4v) is 4.33. The summed E-state index contributed by atoms with van der Waals surface area (Å²) >= 11 is 3.41. The van der Waals surface area contributed by atoms with Crippen LogP contribution in [0.2, 0.25) is 0 Å². The van der Waals surface area contributed by atoms with E-state index >= 15 is 0 Å². The van der Waals surface area contributed by atoms with Crippen LogP contribution in [0, 0.1) is 12.7 Å². The molecule has 0 saturated carbocycles. The molecular formula is C28H23BrFN3O6. The van der Waals surface area contributed by atoms with Gasteiger partial charge in [-0.1, -0.05) is 18.2 Å². The van der Waals surface area contributed by atoms with E-state index in [-0.39, 0.29) is 41.9 Å². The number of hydrogen-bond donors (Lipinski definition) is 2. The van der Waals surface area contributed by atoms with Gasteiger partial charge < -0.3 is 14.8 Å². The number of imide groups is 2. The first-order valence-corrected chi connectivity index (χ1v) is 12.6. The number of para-hydroxylation sites is 1. The molecule has 2 N–H and O–H groups in total. The highest BCUT2D eigenvalue weighted by atomic mass is 79.9. The van der Waals surface area contributed by atoms with Crippen molar-refractivity contribution in [1.29, 1.82) is 0 Å². The van der Waals surface area contributed by atoms with Crippen molar-refractivity contribution in [1.82, 2.24) is 5.32 Å². The van der Waals surface area contributed by atoms with Gasteiger partial charge in [-0.15, -0.1) is 0 Å². The molecule has 3 aromatic carbocycles. The van der Waals surface area contributed by atoms with Gasteiger partial charge >= 0.3 is 6.03 Å². The molecule has 4 rings (SSSR count). The van der Waals surface area contributed by atoms with Crippen LogP contribution in [0.5, 0.6) is 11.5 Å². The molecule has 1 aliphatic heterocycles. The fraction of sp³-hybridized carbons (Fsp3) is 0.143. The molecule has 0 aliphatic carbocycles. The fourth-order valence-electron chi connectivity index (χ4n) is 3.76. The van der Waals surface area contributed by atoms with Gasteiger partial charge in [0.05, 0.1) is 16.8 Å². The molecule has 39 heavy (non-hydrogen) atoms. The number of halogens is 2. The number of carbonyl (C=O) groups excluding carboxylic acids is 4. The highest BCUT2D eigenvalue weighted by Gasteiger charge is 2.37. The summed E-state index contributed by atoms with van der Waals surface area (Å²) in [7, 11) is 0. The largest absolute Gasteiger partial charge is 0.490 e. The van der Waals surface area contributed by atoms with Crippen LogP contribution < -0.4 is 25.0 Å². The van der Waals surface area contributed by atoms with Crippen LogP contribution >= 0.6 is 15.9 Å². The third-order valence-electron chi connectivity index (χ3n) is 5.60. The normalized spacial score (nSPS) is 14.3. The number of benzene rings is 3. The standard InChI is InChI=1S/C28H23BrFN3O6/c1-3-38-23-14-17(13-21(29)25(23)39-15-24(34)31-22-7-5-4-6-16(22)2)12-20-26(35)32-28(37)33(27(20)36)19-10-8-18(30)9-11-19/h4-14H,3,15H2,1-2H3,(H,31,34)(H,32,35,37)/b20-12+. The third kappa shape index (κ3) is 6.32. The summed E-state index contributed by atoms with van der Waals surface area (Å²) < 4.78 is 25.2. The van der Waals surface area contributed by atoms with Crippen LogP contribution in [0.3, 0.4) is 0 Å². The zero-order valence-corrected chi connectivity index (χ0v) is 22.5. The molecule has 0 unspecified atom stereocenters. The van der Waals surface area contributed by atoms with Crippen LogP contribution in [-0.2, 0) is 14.4 Å². The molecule has 0 atom stereocenters. The van der Waals surface area contributed by atoms with Crippen molar-refractivity contribution in [2.45, 2.75) is 13.8 Å². The average molecular weight is 596 g/mol. The van der Waals surface area contributed by atoms with E-state index in [1.165, 1.54) is 24.3 Å². The van der Waals surface area contributed by atoms with Crippen molar-refractivity contribution < 1.29 is 33.0 Å². The molecule has 11 heteroatoms. The van der Waals surface area contributed by atoms with Gasteiger partial charge in [-0.2, -0.15) is 0 Å². The minimum absolute atomic E-state index is 0.0983. The Labute approximate surface area is 231 Å². The van der Waals surface area contributed by atoms with Crippen LogP contribution in [-0.4, -0.2) is 37.0 Å². The Morgan fingerprint density at radius 1 is 1.08 bits per heavy atom. The maximum atomic E-state index is 13.3. The van der Waals surface area contributed by atoms with Gasteiger partial charge in [-0.05, 0) is 89.4 Å². The molecule has 3 aromatic rings. The number of nitrogens with zero attached hydrogens (tertiary/aromatic N) is 1. The minimum Gasteiger partial charge on any atom is -0.490 e. The van der Waals surface area contributed by atoms with E-state index in [1.54, 1.807) is 19.1 Å². The predicted molar refractivity (Wildman–Crippen MR) is 146 cm³/mol. The number of aryl methyl sites for hydroxylation is 1. The van der Waals surface area contributed by atoms with E-state index in [1.807, 2.05) is 25.1 Å². The first-order valence-electron chi connectivity index (χ1n) is 11.8. The molecule has 5 amide bonds. The number of amides is 5. The Balaban J connectivity index is 1.58. The minimum atomic E-state index is -0.947. The zero-order chi connectivity index (χ0) is 28.1. The SMILES string of the molecule is CCOc1cc(/C=C2\C(=O)NC(=O)N(c3ccc(F)cc3)C2=O)cc(Br)c1OCC(=O)Nc1ccccc1C. The lowest BCUT2D eigenvalue weighted by atomic mass is 10.1. The van der Waals surface area contributed by atoms with Gasteiger partial charge in [0, 0.05) is 5.69 Å². The molecule has 1 aliphatic rings. The summed E-state index contributed by atoms with van der Waals surface area (Å²) in [6.45, 7) is 3.60. The maximum absolute atomic E-state index is 13.3. The Hall–Kier alpha value is -4.51. The second-order valence-electron chi connectivity index (χ2n) is 8.35. The van der Waals surface area contributed by atoms with Crippen molar-refractivity contribution in [3.05, 3.63) is 87.7 Å². The Bertz CT molecular complexity index is 1490. The van der Waals surface area contributed by atoms with E-state index < -0.39 is 23.7 Å². The molecule has 9 nitrogen and oxygen atoms in total. The Morgan fingerprint density at radius 3 is 2.49 bits per heavy atom. The number of hydrogen-bond acceptors (Lipinski definition) is 6. The average Bonchev–Trinajstić information content (AvgIpc) is 2.88. The molecule has 0 radical (unpaired) electrons. The quantitative estimate of drug-likeness (QED) is 0.280. The van der Waals surface area contributed by atoms with Crippen molar-refractivity contribution in [2.24, 2.45) is 0 Å². The summed E-state index contributed by atoms with van der Waals surface area (Å²) in [6, 6.07) is 14.2. The van der Waals surface area contributed by atoms with Crippen LogP contribution in [0.15, 0.2) is 70.7 Å². The van der Waals surface area contributed by atoms with Gasteiger partial charge in [0.25, 0.3) is 17.7 Å². The van der Waals surface area contributed by atoms with Crippen LogP contribution in [0.25, 0.3) is 6.08 Å². The van der Waals surface area contributed by atoms with Gasteiger partial charge in [0.1, 0.15) is 11.4 Å². The second-order valence-corrected chi connectivity index (χ2v) is 9.20. The van der Waals surface area contributed by atoms with Gasteiger partial charge in [0.15, 0.2) is 18.1 Å². The number of barbiturate groups is 1. The lowest BCUT2D eigenvalue weighted by Gasteiger charge is -2.26. The highest BCUT2D eigenvalue weighted by molar-refractivity contribution is 9.10. The Morgan fingerprint density at radius 2 is 1.79 bits per heavy atom. The van der Waals surface area contributed by atoms with E-state index in [0.717, 1.165) is 22.6 Å². The molecule has 200 valence electrons. The monoisotopic (exact) mass is 595 g/mol.